The Hall–Kier alpha value is 0.430. The van der Waals surface area contributed by atoms with Crippen molar-refractivity contribution in [3.05, 3.63) is 24.3 Å². The van der Waals surface area contributed by atoms with E-state index in [1.54, 1.807) is 24.3 Å². The molecule has 3 nitrogen and oxygen atoms in total. The smallest absolute Gasteiger partial charge is 0.199 e. The van der Waals surface area contributed by atoms with Gasteiger partial charge < -0.3 is 4.74 Å². The zero-order chi connectivity index (χ0) is 11.5. The Bertz CT molecular complexity index is 411. The van der Waals surface area contributed by atoms with Crippen molar-refractivity contribution in [1.82, 2.24) is 0 Å². The zero-order valence-corrected chi connectivity index (χ0v) is 13.1. The van der Waals surface area contributed by atoms with Crippen LogP contribution in [0.4, 0.5) is 0 Å². The summed E-state index contributed by atoms with van der Waals surface area (Å²) in [5.41, 5.74) is 0. The molecule has 0 saturated heterocycles. The summed E-state index contributed by atoms with van der Waals surface area (Å²) in [5.74, 6) is 0.690. The van der Waals surface area contributed by atoms with Crippen LogP contribution in [0.2, 0.25) is 0 Å². The molecule has 1 aromatic carbocycles. The maximum absolute atomic E-state index is 11.7. The minimum Gasteiger partial charge on any atom is -0.494 e. The summed E-state index contributed by atoms with van der Waals surface area (Å²) in [6.45, 7) is 2.46. The Morgan fingerprint density at radius 3 is 2.20 bits per heavy atom. The summed E-state index contributed by atoms with van der Waals surface area (Å²) in [4.78, 5) is 0.333. The second-order valence-electron chi connectivity index (χ2n) is 2.71. The van der Waals surface area contributed by atoms with E-state index >= 15 is 0 Å². The molecule has 6 heteroatoms. The number of halogens is 2. The molecule has 0 aliphatic rings. The van der Waals surface area contributed by atoms with Crippen molar-refractivity contribution in [2.45, 2.75) is 13.1 Å². The molecule has 0 saturated carbocycles. The molecule has 0 radical (unpaired) electrons. The Morgan fingerprint density at radius 1 is 1.27 bits per heavy atom. The molecule has 0 aliphatic heterocycles. The van der Waals surface area contributed by atoms with Crippen LogP contribution in [0.3, 0.4) is 0 Å². The first-order valence-corrected chi connectivity index (χ1v) is 8.27. The lowest BCUT2D eigenvalue weighted by atomic mass is 10.3. The molecule has 84 valence electrons. The van der Waals surface area contributed by atoms with Gasteiger partial charge in [0, 0.05) is 0 Å². The molecule has 0 heterocycles. The highest BCUT2D eigenvalue weighted by molar-refractivity contribution is 14.2. The molecular weight excluding hydrogens is 442 g/mol. The van der Waals surface area contributed by atoms with Crippen molar-refractivity contribution in [2.75, 3.05) is 6.61 Å². The lowest BCUT2D eigenvalue weighted by Crippen LogP contribution is -2.08. The van der Waals surface area contributed by atoms with Gasteiger partial charge in [0.05, 0.1) is 11.5 Å². The summed E-state index contributed by atoms with van der Waals surface area (Å²) in [5, 5.41) is 0. The van der Waals surface area contributed by atoms with Crippen LogP contribution in [0.5, 0.6) is 5.75 Å². The summed E-state index contributed by atoms with van der Waals surface area (Å²) < 4.78 is 28.3. The topological polar surface area (TPSA) is 43.4 Å². The van der Waals surface area contributed by atoms with Crippen LogP contribution < -0.4 is 4.74 Å². The minimum absolute atomic E-state index is 0.333. The molecule has 15 heavy (non-hydrogen) atoms. The standard InChI is InChI=1S/C9H10I2O3S/c1-2-14-7-3-5-8(6-4-7)15(12,13)9(10)11/h3-6,9H,2H2,1H3. The Balaban J connectivity index is 2.99. The molecule has 0 N–H and O–H groups in total. The van der Waals surface area contributed by atoms with Crippen molar-refractivity contribution < 1.29 is 13.2 Å². The number of alkyl halides is 2. The maximum Gasteiger partial charge on any atom is 0.199 e. The van der Waals surface area contributed by atoms with E-state index in [0.717, 1.165) is 0 Å². The first-order chi connectivity index (χ1) is 6.98. The number of sulfone groups is 1. The number of rotatable bonds is 4. The van der Waals surface area contributed by atoms with Gasteiger partial charge in [-0.15, -0.1) is 0 Å². The van der Waals surface area contributed by atoms with E-state index < -0.39 is 11.1 Å². The predicted octanol–water partition coefficient (Wildman–Crippen LogP) is 3.01. The van der Waals surface area contributed by atoms with Gasteiger partial charge in [0.15, 0.2) is 11.1 Å². The maximum atomic E-state index is 11.7. The van der Waals surface area contributed by atoms with E-state index in [2.05, 4.69) is 0 Å². The van der Waals surface area contributed by atoms with Gasteiger partial charge in [0.1, 0.15) is 5.75 Å². The normalized spacial score (nSPS) is 11.7. The molecule has 0 aromatic heterocycles. The second-order valence-corrected chi connectivity index (χ2v) is 11.3. The highest BCUT2D eigenvalue weighted by Gasteiger charge is 2.21. The fourth-order valence-corrected chi connectivity index (χ4v) is 3.48. The fraction of sp³-hybridized carbons (Fsp3) is 0.333. The van der Waals surface area contributed by atoms with Crippen LogP contribution in [0, 0.1) is 0 Å². The molecule has 0 spiro atoms. The molecule has 0 bridgehead atoms. The quantitative estimate of drug-likeness (QED) is 0.522. The van der Waals surface area contributed by atoms with E-state index in [9.17, 15) is 8.42 Å². The van der Waals surface area contributed by atoms with E-state index in [1.165, 1.54) is 0 Å². The molecule has 0 aliphatic carbocycles. The van der Waals surface area contributed by atoms with Gasteiger partial charge in [-0.25, -0.2) is 8.42 Å². The molecule has 1 rings (SSSR count). The van der Waals surface area contributed by atoms with Gasteiger partial charge in [0.25, 0.3) is 0 Å². The fourth-order valence-electron chi connectivity index (χ4n) is 0.995. The molecular formula is C9H10I2O3S. The Labute approximate surface area is 117 Å². The molecule has 0 atom stereocenters. The van der Waals surface area contributed by atoms with Gasteiger partial charge in [-0.05, 0) is 31.2 Å². The number of hydrogen-bond acceptors (Lipinski definition) is 3. The first-order valence-electron chi connectivity index (χ1n) is 4.23. The minimum atomic E-state index is -3.19. The largest absolute Gasteiger partial charge is 0.494 e. The van der Waals surface area contributed by atoms with E-state index in [-0.39, 0.29) is 0 Å². The third-order valence-corrected chi connectivity index (χ3v) is 7.11. The summed E-state index contributed by atoms with van der Waals surface area (Å²) in [6, 6.07) is 6.49. The van der Waals surface area contributed by atoms with E-state index in [1.807, 2.05) is 52.1 Å². The van der Waals surface area contributed by atoms with Crippen molar-refractivity contribution in [3.8, 4) is 5.75 Å². The average molecular weight is 452 g/mol. The summed E-state index contributed by atoms with van der Waals surface area (Å²) in [7, 11) is -3.19. The van der Waals surface area contributed by atoms with Crippen LogP contribution in [-0.2, 0) is 9.84 Å². The van der Waals surface area contributed by atoms with Crippen LogP contribution >= 0.6 is 45.2 Å². The molecule has 0 unspecified atom stereocenters. The number of benzene rings is 1. The predicted molar refractivity (Wildman–Crippen MR) is 76.6 cm³/mol. The molecule has 1 aromatic rings. The molecule has 0 fully saturated rings. The number of hydrogen-bond donors (Lipinski definition) is 0. The monoisotopic (exact) mass is 452 g/mol. The van der Waals surface area contributed by atoms with Crippen LogP contribution in [-0.4, -0.2) is 16.3 Å². The Kier molecular flexibility index (Phi) is 5.10. The number of ether oxygens (including phenoxy) is 1. The van der Waals surface area contributed by atoms with Crippen molar-refractivity contribution in [2.24, 2.45) is 0 Å². The van der Waals surface area contributed by atoms with Crippen LogP contribution in [0.15, 0.2) is 29.2 Å². The highest BCUT2D eigenvalue weighted by atomic mass is 127. The van der Waals surface area contributed by atoms with Crippen molar-refractivity contribution in [3.63, 3.8) is 0 Å². The molecule has 0 amide bonds. The van der Waals surface area contributed by atoms with E-state index in [4.69, 9.17) is 4.74 Å². The average Bonchev–Trinajstić information content (AvgIpc) is 2.19. The summed E-state index contributed by atoms with van der Waals surface area (Å²) >= 11 is 3.76. The van der Waals surface area contributed by atoms with Gasteiger partial charge in [0.2, 0.25) is 0 Å². The van der Waals surface area contributed by atoms with Crippen molar-refractivity contribution in [1.29, 1.82) is 0 Å². The summed E-state index contributed by atoms with van der Waals surface area (Å²) in [6.07, 6.45) is 0. The van der Waals surface area contributed by atoms with Gasteiger partial charge >= 0.3 is 0 Å². The van der Waals surface area contributed by atoms with Gasteiger partial charge in [-0.2, -0.15) is 0 Å². The Morgan fingerprint density at radius 2 is 1.80 bits per heavy atom. The third-order valence-electron chi connectivity index (χ3n) is 1.70. The van der Waals surface area contributed by atoms with E-state index in [0.29, 0.717) is 17.3 Å². The third kappa shape index (κ3) is 3.45. The van der Waals surface area contributed by atoms with Crippen LogP contribution in [0.25, 0.3) is 0 Å². The van der Waals surface area contributed by atoms with Gasteiger partial charge in [-0.3, -0.25) is 0 Å². The second kappa shape index (κ2) is 5.67. The lowest BCUT2D eigenvalue weighted by Gasteiger charge is -2.06. The van der Waals surface area contributed by atoms with Crippen molar-refractivity contribution >= 4 is 55.0 Å². The first kappa shape index (κ1) is 13.5. The highest BCUT2D eigenvalue weighted by Crippen LogP contribution is 2.26. The van der Waals surface area contributed by atoms with Crippen LogP contribution in [0.1, 0.15) is 6.92 Å². The van der Waals surface area contributed by atoms with Gasteiger partial charge in [-0.1, -0.05) is 45.2 Å². The zero-order valence-electron chi connectivity index (χ0n) is 7.98. The SMILES string of the molecule is CCOc1ccc(S(=O)(=O)C(I)I)cc1. The lowest BCUT2D eigenvalue weighted by molar-refractivity contribution is 0.340.